The summed E-state index contributed by atoms with van der Waals surface area (Å²) in [5.74, 6) is -5.60. The van der Waals surface area contributed by atoms with Gasteiger partial charge in [-0.2, -0.15) is 0 Å². The van der Waals surface area contributed by atoms with Crippen LogP contribution >= 0.6 is 0 Å². The fraction of sp³-hybridized carbons (Fsp3) is 0.615. The number of hydrogen-bond acceptors (Lipinski definition) is 10. The maximum Gasteiger partial charge on any atom is 0.322 e. The highest BCUT2D eigenvalue weighted by molar-refractivity contribution is 5.80. The Hall–Kier alpha value is -2.85. The van der Waals surface area contributed by atoms with Gasteiger partial charge >= 0.3 is 29.8 Å². The zero-order valence-corrected chi connectivity index (χ0v) is 15.3. The Morgan fingerprint density at radius 1 is 0.643 bits per heavy atom. The lowest BCUT2D eigenvalue weighted by atomic mass is 10.2. The molecule has 0 aromatic rings. The molecule has 4 atom stereocenters. The summed E-state index contributed by atoms with van der Waals surface area (Å²) < 4.78 is 0. The molecule has 0 rings (SSSR count). The van der Waals surface area contributed by atoms with Gasteiger partial charge in [-0.3, -0.25) is 24.0 Å². The fourth-order valence-corrected chi connectivity index (χ4v) is 0.354. The van der Waals surface area contributed by atoms with Gasteiger partial charge in [0, 0.05) is 0 Å². The van der Waals surface area contributed by atoms with Crippen LogP contribution in [0.1, 0.15) is 20.3 Å². The summed E-state index contributed by atoms with van der Waals surface area (Å²) in [5.41, 5.74) is 19.3. The summed E-state index contributed by atoms with van der Waals surface area (Å²) in [4.78, 5) is 48.4. The molecular weight excluding hydrogens is 388 g/mol. The van der Waals surface area contributed by atoms with Crippen LogP contribution in [0.15, 0.2) is 0 Å². The van der Waals surface area contributed by atoms with E-state index in [1.54, 1.807) is 0 Å². The average molecular weight is 416 g/mol. The zero-order valence-electron chi connectivity index (χ0n) is 15.3. The normalized spacial score (nSPS) is 13.2. The van der Waals surface area contributed by atoms with Gasteiger partial charge in [0.25, 0.3) is 0 Å². The van der Waals surface area contributed by atoms with Gasteiger partial charge < -0.3 is 53.6 Å². The van der Waals surface area contributed by atoms with Crippen molar-refractivity contribution in [2.24, 2.45) is 22.9 Å². The summed E-state index contributed by atoms with van der Waals surface area (Å²) in [6, 6.07) is -3.88. The standard InChI is InChI=1S/C4H7NO4.C3H7NO3.2C3H7NO2/c5-2(4(8)9)1-3(6)7;4-2(1-5)3(6)7;2*1-2(4)3(5)6/h2H,1,5H2,(H,6,7)(H,8,9);2,5H,1,4H2,(H,6,7);2*2H,4H2,1H3,(H,5,6)/t4*2-/m0000/s1. The van der Waals surface area contributed by atoms with E-state index in [-0.39, 0.29) is 0 Å². The van der Waals surface area contributed by atoms with Gasteiger partial charge in [-0.15, -0.1) is 0 Å². The van der Waals surface area contributed by atoms with E-state index in [2.05, 4.69) is 0 Å². The van der Waals surface area contributed by atoms with Crippen molar-refractivity contribution < 1.29 is 54.6 Å². The summed E-state index contributed by atoms with van der Waals surface area (Å²) in [6.07, 6.45) is -0.532. The van der Waals surface area contributed by atoms with Crippen LogP contribution in [0, 0.1) is 0 Å². The van der Waals surface area contributed by atoms with Gasteiger partial charge in [0.2, 0.25) is 0 Å². The molecule has 0 unspecified atom stereocenters. The molecule has 0 bridgehead atoms. The van der Waals surface area contributed by atoms with Crippen molar-refractivity contribution in [3.63, 3.8) is 0 Å². The lowest BCUT2D eigenvalue weighted by Crippen LogP contribution is -2.33. The first-order valence-corrected chi connectivity index (χ1v) is 7.27. The number of hydrogen-bond donors (Lipinski definition) is 10. The van der Waals surface area contributed by atoms with Crippen LogP contribution in [0.25, 0.3) is 0 Å². The second-order valence-corrected chi connectivity index (χ2v) is 4.92. The van der Waals surface area contributed by atoms with E-state index in [1.807, 2.05) is 0 Å². The Labute approximate surface area is 159 Å². The minimum atomic E-state index is -1.29. The first-order valence-electron chi connectivity index (χ1n) is 7.27. The molecule has 0 aliphatic heterocycles. The predicted molar refractivity (Wildman–Crippen MR) is 93.1 cm³/mol. The van der Waals surface area contributed by atoms with Crippen molar-refractivity contribution in [1.29, 1.82) is 0 Å². The smallest absolute Gasteiger partial charge is 0.322 e. The molecule has 28 heavy (non-hydrogen) atoms. The minimum absolute atomic E-state index is 0.505. The molecule has 0 heterocycles. The van der Waals surface area contributed by atoms with Crippen molar-refractivity contribution in [2.45, 2.75) is 44.4 Å². The third-order valence-electron chi connectivity index (χ3n) is 2.00. The summed E-state index contributed by atoms with van der Waals surface area (Å²) in [7, 11) is 0. The maximum absolute atomic E-state index is 9.85. The van der Waals surface area contributed by atoms with Gasteiger partial charge in [-0.1, -0.05) is 0 Å². The Kier molecular flexibility index (Phi) is 22.2. The highest BCUT2D eigenvalue weighted by Gasteiger charge is 2.14. The van der Waals surface area contributed by atoms with Crippen LogP contribution in [0.5, 0.6) is 0 Å². The number of rotatable bonds is 7. The molecule has 0 saturated carbocycles. The number of aliphatic hydroxyl groups excluding tert-OH is 1. The van der Waals surface area contributed by atoms with Gasteiger partial charge in [0.15, 0.2) is 0 Å². The molecule has 166 valence electrons. The summed E-state index contributed by atoms with van der Waals surface area (Å²) in [6.45, 7) is 2.33. The first kappa shape index (κ1) is 32.8. The Morgan fingerprint density at radius 2 is 0.893 bits per heavy atom. The molecule has 0 aromatic carbocycles. The van der Waals surface area contributed by atoms with Crippen LogP contribution < -0.4 is 22.9 Å². The largest absolute Gasteiger partial charge is 0.481 e. The van der Waals surface area contributed by atoms with Crippen molar-refractivity contribution >= 4 is 29.8 Å². The van der Waals surface area contributed by atoms with Gasteiger partial charge in [-0.25, -0.2) is 0 Å². The van der Waals surface area contributed by atoms with E-state index in [0.717, 1.165) is 0 Å². The van der Waals surface area contributed by atoms with Crippen LogP contribution in [-0.4, -0.2) is 91.3 Å². The van der Waals surface area contributed by atoms with Gasteiger partial charge in [0.05, 0.1) is 13.0 Å². The highest BCUT2D eigenvalue weighted by atomic mass is 16.4. The van der Waals surface area contributed by atoms with E-state index in [9.17, 15) is 24.0 Å². The minimum Gasteiger partial charge on any atom is -0.481 e. The molecule has 0 aliphatic rings. The average Bonchev–Trinajstić information content (AvgIpc) is 2.54. The first-order chi connectivity index (χ1) is 12.5. The molecule has 15 heteroatoms. The number of carboxylic acid groups (broad SMARTS) is 5. The van der Waals surface area contributed by atoms with E-state index in [0.29, 0.717) is 0 Å². The number of carboxylic acids is 5. The highest BCUT2D eigenvalue weighted by Crippen LogP contribution is 1.86. The van der Waals surface area contributed by atoms with Crippen LogP contribution in [0.4, 0.5) is 0 Å². The van der Waals surface area contributed by atoms with Gasteiger partial charge in [-0.05, 0) is 13.8 Å². The summed E-state index contributed by atoms with van der Waals surface area (Å²) in [5, 5.41) is 47.7. The second-order valence-electron chi connectivity index (χ2n) is 4.92. The molecule has 0 amide bonds. The predicted octanol–water partition coefficient (Wildman–Crippen LogP) is -3.90. The van der Waals surface area contributed by atoms with E-state index < -0.39 is 67.0 Å². The van der Waals surface area contributed by atoms with E-state index >= 15 is 0 Å². The molecule has 0 radical (unpaired) electrons. The molecule has 0 aliphatic carbocycles. The second kappa shape index (κ2) is 18.9. The molecule has 0 aromatic heterocycles. The fourth-order valence-electron chi connectivity index (χ4n) is 0.354. The van der Waals surface area contributed by atoms with Crippen molar-refractivity contribution in [3.05, 3.63) is 0 Å². The number of aliphatic hydroxyl groups is 1. The van der Waals surface area contributed by atoms with Crippen molar-refractivity contribution in [1.82, 2.24) is 0 Å². The Balaban J connectivity index is -0.000000139. The molecular formula is C13H28N4O11. The number of nitrogens with two attached hydrogens (primary N) is 4. The van der Waals surface area contributed by atoms with Crippen LogP contribution in [0.3, 0.4) is 0 Å². The maximum atomic E-state index is 9.85. The lowest BCUT2D eigenvalue weighted by molar-refractivity contribution is -0.144. The molecule has 0 fully saturated rings. The third kappa shape index (κ3) is 31.0. The molecule has 0 saturated heterocycles. The Bertz CT molecular complexity index is 479. The van der Waals surface area contributed by atoms with Crippen molar-refractivity contribution in [2.75, 3.05) is 6.61 Å². The Morgan fingerprint density at radius 3 is 0.929 bits per heavy atom. The topological polar surface area (TPSA) is 311 Å². The lowest BCUT2D eigenvalue weighted by Gasteiger charge is -1.99. The van der Waals surface area contributed by atoms with Crippen LogP contribution in [-0.2, 0) is 24.0 Å². The number of carbonyl (C=O) groups is 5. The van der Waals surface area contributed by atoms with Crippen LogP contribution in [0.2, 0.25) is 0 Å². The molecule has 15 nitrogen and oxygen atoms in total. The molecule has 0 spiro atoms. The third-order valence-corrected chi connectivity index (χ3v) is 2.00. The quantitative estimate of drug-likeness (QED) is 0.189. The van der Waals surface area contributed by atoms with E-state index in [4.69, 9.17) is 53.6 Å². The monoisotopic (exact) mass is 416 g/mol. The van der Waals surface area contributed by atoms with E-state index in [1.165, 1.54) is 13.8 Å². The zero-order chi connectivity index (χ0) is 23.6. The summed E-state index contributed by atoms with van der Waals surface area (Å²) >= 11 is 0. The van der Waals surface area contributed by atoms with Gasteiger partial charge in [0.1, 0.15) is 24.2 Å². The molecule has 14 N–H and O–H groups in total. The number of aliphatic carboxylic acids is 5. The SMILES string of the molecule is C[C@H](N)C(=O)O.C[C@H](N)C(=O)O.N[C@@H](CC(=O)O)C(=O)O.N[C@@H](CO)C(=O)O. The van der Waals surface area contributed by atoms with Crippen molar-refractivity contribution in [3.8, 4) is 0 Å².